The van der Waals surface area contributed by atoms with Gasteiger partial charge in [-0.05, 0) is 12.8 Å². The molecule has 6 nitrogen and oxygen atoms in total. The molecule has 1 unspecified atom stereocenters. The lowest BCUT2D eigenvalue weighted by atomic mass is 10.4. The topological polar surface area (TPSA) is 84.9 Å². The van der Waals surface area contributed by atoms with E-state index in [9.17, 15) is 9.00 Å². The Kier molecular flexibility index (Phi) is 3.23. The molecular weight excluding hydrogens is 198 g/mol. The molecular formula is C6H11NO5S. The zero-order chi connectivity index (χ0) is 9.90. The van der Waals surface area contributed by atoms with Crippen molar-refractivity contribution in [1.29, 1.82) is 0 Å². The highest BCUT2D eigenvalue weighted by Crippen LogP contribution is 2.39. The fraction of sp³-hybridized carbons (Fsp3) is 0.833. The molecule has 0 aromatic heterocycles. The maximum Gasteiger partial charge on any atom is 0.421 e. The van der Waals surface area contributed by atoms with Gasteiger partial charge in [-0.25, -0.2) is 13.7 Å². The van der Waals surface area contributed by atoms with Gasteiger partial charge in [0.1, 0.15) is 5.60 Å². The molecule has 0 aromatic rings. The predicted molar refractivity (Wildman–Crippen MR) is 44.2 cm³/mol. The molecule has 1 aliphatic carbocycles. The van der Waals surface area contributed by atoms with E-state index in [1.807, 2.05) is 0 Å². The predicted octanol–water partition coefficient (Wildman–Crippen LogP) is 0.0283. The molecule has 2 N–H and O–H groups in total. The third-order valence-electron chi connectivity index (χ3n) is 1.69. The third-order valence-corrected chi connectivity index (χ3v) is 2.04. The molecule has 1 atom stereocenters. The van der Waals surface area contributed by atoms with Crippen LogP contribution >= 0.6 is 0 Å². The summed E-state index contributed by atoms with van der Waals surface area (Å²) in [6.07, 6.45) is 0.564. The second kappa shape index (κ2) is 4.03. The largest absolute Gasteiger partial charge is 0.440 e. The molecule has 1 fully saturated rings. The van der Waals surface area contributed by atoms with Gasteiger partial charge in [0.05, 0.1) is 6.61 Å². The van der Waals surface area contributed by atoms with Gasteiger partial charge >= 0.3 is 6.09 Å². The number of methoxy groups -OCH3 is 1. The van der Waals surface area contributed by atoms with Gasteiger partial charge in [0.2, 0.25) is 0 Å². The maximum absolute atomic E-state index is 10.8. The highest BCUT2D eigenvalue weighted by molar-refractivity contribution is 7.77. The molecule has 13 heavy (non-hydrogen) atoms. The van der Waals surface area contributed by atoms with Crippen LogP contribution in [0, 0.1) is 0 Å². The Morgan fingerprint density at radius 3 is 2.69 bits per heavy atom. The zero-order valence-corrected chi connectivity index (χ0v) is 7.93. The van der Waals surface area contributed by atoms with Crippen LogP contribution < -0.4 is 4.72 Å². The molecule has 0 spiro atoms. The summed E-state index contributed by atoms with van der Waals surface area (Å²) < 4.78 is 29.9. The minimum Gasteiger partial charge on any atom is -0.440 e. The first-order valence-corrected chi connectivity index (χ1v) is 4.78. The Balaban J connectivity index is 2.31. The van der Waals surface area contributed by atoms with Crippen LogP contribution in [0.1, 0.15) is 12.8 Å². The van der Waals surface area contributed by atoms with Crippen molar-refractivity contribution in [3.8, 4) is 0 Å². The first kappa shape index (κ1) is 10.4. The van der Waals surface area contributed by atoms with E-state index in [4.69, 9.17) is 14.0 Å². The van der Waals surface area contributed by atoms with Crippen molar-refractivity contribution in [3.63, 3.8) is 0 Å². The van der Waals surface area contributed by atoms with E-state index in [-0.39, 0.29) is 0 Å². The molecule has 1 rings (SSSR count). The molecule has 0 bridgehead atoms. The maximum atomic E-state index is 10.8. The number of amides is 1. The van der Waals surface area contributed by atoms with Gasteiger partial charge in [0, 0.05) is 7.11 Å². The van der Waals surface area contributed by atoms with Gasteiger partial charge in [0.15, 0.2) is 0 Å². The number of rotatable bonds is 4. The molecule has 1 amide bonds. The van der Waals surface area contributed by atoms with Crippen LogP contribution in [0.15, 0.2) is 0 Å². The second-order valence-electron chi connectivity index (χ2n) is 2.86. The summed E-state index contributed by atoms with van der Waals surface area (Å²) in [6, 6.07) is 0. The average Bonchev–Trinajstić information content (AvgIpc) is 2.67. The highest BCUT2D eigenvalue weighted by atomic mass is 32.2. The molecule has 0 heterocycles. The Bertz CT molecular complexity index is 227. The molecule has 76 valence electrons. The smallest absolute Gasteiger partial charge is 0.421 e. The quantitative estimate of drug-likeness (QED) is 0.638. The van der Waals surface area contributed by atoms with Gasteiger partial charge in [-0.15, -0.1) is 0 Å². The van der Waals surface area contributed by atoms with Gasteiger partial charge in [-0.3, -0.25) is 4.55 Å². The normalized spacial score (nSPS) is 20.5. The summed E-state index contributed by atoms with van der Waals surface area (Å²) in [5.74, 6) is 0. The van der Waals surface area contributed by atoms with Gasteiger partial charge in [-0.1, -0.05) is 0 Å². The lowest BCUT2D eigenvalue weighted by Crippen LogP contribution is -2.33. The van der Waals surface area contributed by atoms with Gasteiger partial charge in [-0.2, -0.15) is 0 Å². The number of hydrogen-bond donors (Lipinski definition) is 2. The lowest BCUT2D eigenvalue weighted by Gasteiger charge is -2.14. The monoisotopic (exact) mass is 209 g/mol. The second-order valence-corrected chi connectivity index (χ2v) is 3.56. The summed E-state index contributed by atoms with van der Waals surface area (Å²) in [5.41, 5.74) is -0.571. The Labute approximate surface area is 78.0 Å². The van der Waals surface area contributed by atoms with Crippen LogP contribution in [-0.4, -0.2) is 34.2 Å². The Morgan fingerprint density at radius 1 is 1.69 bits per heavy atom. The first-order chi connectivity index (χ1) is 6.08. The molecule has 0 aliphatic heterocycles. The van der Waals surface area contributed by atoms with Crippen molar-refractivity contribution < 1.29 is 23.0 Å². The van der Waals surface area contributed by atoms with Crippen LogP contribution in [0.4, 0.5) is 4.79 Å². The molecule has 0 saturated heterocycles. The number of ether oxygens (including phenoxy) is 2. The van der Waals surface area contributed by atoms with E-state index in [1.165, 1.54) is 7.11 Å². The van der Waals surface area contributed by atoms with E-state index < -0.39 is 23.0 Å². The van der Waals surface area contributed by atoms with Crippen LogP contribution in [0.5, 0.6) is 0 Å². The number of nitrogens with one attached hydrogen (secondary N) is 1. The van der Waals surface area contributed by atoms with Crippen LogP contribution in [0.2, 0.25) is 0 Å². The molecule has 1 saturated carbocycles. The fourth-order valence-corrected chi connectivity index (χ4v) is 1.15. The zero-order valence-electron chi connectivity index (χ0n) is 7.11. The summed E-state index contributed by atoms with van der Waals surface area (Å²) in [4.78, 5) is 10.8. The minimum absolute atomic E-state index is 0.318. The summed E-state index contributed by atoms with van der Waals surface area (Å²) >= 11 is -2.37. The summed E-state index contributed by atoms with van der Waals surface area (Å²) in [5, 5.41) is 0. The van der Waals surface area contributed by atoms with E-state index >= 15 is 0 Å². The van der Waals surface area contributed by atoms with Crippen LogP contribution in [0.3, 0.4) is 0 Å². The summed E-state index contributed by atoms with van der Waals surface area (Å²) in [6.45, 7) is 0.318. The van der Waals surface area contributed by atoms with E-state index in [1.54, 1.807) is 4.72 Å². The van der Waals surface area contributed by atoms with Crippen molar-refractivity contribution in [2.24, 2.45) is 0 Å². The SMILES string of the molecule is COCC1(OC(=O)NS(=O)O)CC1. The van der Waals surface area contributed by atoms with Crippen molar-refractivity contribution in [2.75, 3.05) is 13.7 Å². The average molecular weight is 209 g/mol. The minimum atomic E-state index is -2.37. The highest BCUT2D eigenvalue weighted by Gasteiger charge is 2.47. The van der Waals surface area contributed by atoms with E-state index in [2.05, 4.69) is 0 Å². The summed E-state index contributed by atoms with van der Waals surface area (Å²) in [7, 11) is 1.51. The first-order valence-electron chi connectivity index (χ1n) is 3.67. The van der Waals surface area contributed by atoms with Crippen molar-refractivity contribution in [1.82, 2.24) is 4.72 Å². The van der Waals surface area contributed by atoms with Gasteiger partial charge < -0.3 is 9.47 Å². The Morgan fingerprint density at radius 2 is 2.31 bits per heavy atom. The number of carbonyl (C=O) groups excluding carboxylic acids is 1. The number of carbonyl (C=O) groups is 1. The molecule has 0 radical (unpaired) electrons. The third kappa shape index (κ3) is 3.29. The van der Waals surface area contributed by atoms with Crippen LogP contribution in [0.25, 0.3) is 0 Å². The molecule has 7 heteroatoms. The lowest BCUT2D eigenvalue weighted by molar-refractivity contribution is 0.0257. The van der Waals surface area contributed by atoms with Crippen molar-refractivity contribution in [3.05, 3.63) is 0 Å². The van der Waals surface area contributed by atoms with E-state index in [0.29, 0.717) is 6.61 Å². The van der Waals surface area contributed by atoms with Crippen molar-refractivity contribution in [2.45, 2.75) is 18.4 Å². The van der Waals surface area contributed by atoms with Crippen LogP contribution in [-0.2, 0) is 20.7 Å². The standard InChI is InChI=1S/C6H11NO5S/c1-11-4-6(2-3-6)12-5(8)7-13(9)10/h2-4H2,1H3,(H,7,8)(H,9,10). The fourth-order valence-electron chi connectivity index (χ4n) is 0.967. The van der Waals surface area contributed by atoms with E-state index in [0.717, 1.165) is 12.8 Å². The van der Waals surface area contributed by atoms with Gasteiger partial charge in [0.25, 0.3) is 11.3 Å². The Hall–Kier alpha value is -0.660. The molecule has 1 aliphatic rings. The van der Waals surface area contributed by atoms with Crippen molar-refractivity contribution >= 4 is 17.4 Å². The molecule has 0 aromatic carbocycles. The number of hydrogen-bond acceptors (Lipinski definition) is 4.